The van der Waals surface area contributed by atoms with Gasteiger partial charge in [0.2, 0.25) is 0 Å². The van der Waals surface area contributed by atoms with E-state index in [0.717, 1.165) is 37.9 Å². The molecule has 1 amide bonds. The van der Waals surface area contributed by atoms with Gasteiger partial charge in [0.05, 0.1) is 0 Å². The van der Waals surface area contributed by atoms with Gasteiger partial charge in [-0.05, 0) is 55.4 Å². The number of carbonyl (C=O) groups is 1. The van der Waals surface area contributed by atoms with E-state index in [4.69, 9.17) is 0 Å². The molecule has 0 aliphatic carbocycles. The average Bonchev–Trinajstić information content (AvgIpc) is 3.31. The fourth-order valence-electron chi connectivity index (χ4n) is 3.71. The Hall–Kier alpha value is -1.98. The zero-order chi connectivity index (χ0) is 19.5. The van der Waals surface area contributed by atoms with E-state index in [1.54, 1.807) is 23.1 Å². The first-order valence-corrected chi connectivity index (χ1v) is 11.6. The highest BCUT2D eigenvalue weighted by Gasteiger charge is 2.36. The number of carbonyl (C=O) groups excluding carboxylic acids is 1. The lowest BCUT2D eigenvalue weighted by Crippen LogP contribution is -2.48. The van der Waals surface area contributed by atoms with E-state index in [0.29, 0.717) is 0 Å². The molecular weight excluding hydrogens is 384 g/mol. The number of rotatable bonds is 5. The molecule has 3 heterocycles. The first-order chi connectivity index (χ1) is 13.7. The molecule has 1 fully saturated rings. The maximum atomic E-state index is 13.3. The SMILES string of the molecule is CCc1ccc(C=C2CCCN(C3SC=C(C)N3Cc3ccccc3)C2=O)s1. The molecule has 0 saturated carbocycles. The van der Waals surface area contributed by atoms with Crippen LogP contribution >= 0.6 is 23.1 Å². The van der Waals surface area contributed by atoms with E-state index < -0.39 is 0 Å². The maximum absolute atomic E-state index is 13.3. The monoisotopic (exact) mass is 410 g/mol. The predicted octanol–water partition coefficient (Wildman–Crippen LogP) is 5.71. The summed E-state index contributed by atoms with van der Waals surface area (Å²) in [7, 11) is 0. The molecular formula is C23H26N2OS2. The number of likely N-dealkylation sites (tertiary alicyclic amines) is 1. The highest BCUT2D eigenvalue weighted by Crippen LogP contribution is 2.37. The molecule has 3 nitrogen and oxygen atoms in total. The van der Waals surface area contributed by atoms with Crippen LogP contribution in [0.1, 0.15) is 42.0 Å². The smallest absolute Gasteiger partial charge is 0.252 e. The summed E-state index contributed by atoms with van der Waals surface area (Å²) in [5.41, 5.74) is 3.49. The Morgan fingerprint density at radius 2 is 2.00 bits per heavy atom. The Kier molecular flexibility index (Phi) is 5.93. The molecule has 1 atom stereocenters. The minimum absolute atomic E-state index is 0.0472. The molecule has 1 aromatic carbocycles. The van der Waals surface area contributed by atoms with Gasteiger partial charge in [-0.3, -0.25) is 4.79 Å². The molecule has 28 heavy (non-hydrogen) atoms. The second-order valence-electron chi connectivity index (χ2n) is 7.26. The van der Waals surface area contributed by atoms with Crippen molar-refractivity contribution < 1.29 is 4.79 Å². The summed E-state index contributed by atoms with van der Waals surface area (Å²) in [6.07, 6.45) is 5.06. The largest absolute Gasteiger partial charge is 0.341 e. The van der Waals surface area contributed by atoms with E-state index in [1.165, 1.54) is 21.0 Å². The number of hydrogen-bond donors (Lipinski definition) is 0. The fraction of sp³-hybridized carbons (Fsp3) is 0.348. The van der Waals surface area contributed by atoms with E-state index in [2.05, 4.69) is 71.5 Å². The highest BCUT2D eigenvalue weighted by molar-refractivity contribution is 8.02. The second-order valence-corrected chi connectivity index (χ2v) is 9.39. The third-order valence-corrected chi connectivity index (χ3v) is 7.68. The molecule has 0 N–H and O–H groups in total. The summed E-state index contributed by atoms with van der Waals surface area (Å²) in [5, 5.41) is 2.19. The Labute approximate surface area is 175 Å². The number of thiophene rings is 1. The molecule has 0 bridgehead atoms. The van der Waals surface area contributed by atoms with Crippen molar-refractivity contribution in [2.45, 2.75) is 45.2 Å². The van der Waals surface area contributed by atoms with Crippen molar-refractivity contribution in [3.63, 3.8) is 0 Å². The summed E-state index contributed by atoms with van der Waals surface area (Å²) in [4.78, 5) is 20.3. The first-order valence-electron chi connectivity index (χ1n) is 9.89. The molecule has 1 unspecified atom stereocenters. The number of benzene rings is 1. The average molecular weight is 411 g/mol. The van der Waals surface area contributed by atoms with Gasteiger partial charge in [0, 0.05) is 34.1 Å². The maximum Gasteiger partial charge on any atom is 0.252 e. The number of amides is 1. The standard InChI is InChI=1S/C23H26N2OS2/c1-3-20-11-12-21(28-20)14-19-10-7-13-24(22(19)26)23-25(17(2)16-27-23)15-18-8-5-4-6-9-18/h4-6,8-9,11-12,14,16,23H,3,7,10,13,15H2,1-2H3. The number of aryl methyl sites for hydroxylation is 1. The molecule has 0 radical (unpaired) electrons. The molecule has 1 aromatic heterocycles. The Morgan fingerprint density at radius 3 is 2.75 bits per heavy atom. The Balaban J connectivity index is 1.53. The zero-order valence-electron chi connectivity index (χ0n) is 16.4. The van der Waals surface area contributed by atoms with Crippen LogP contribution in [-0.2, 0) is 17.8 Å². The van der Waals surface area contributed by atoms with Crippen molar-refractivity contribution >= 4 is 35.1 Å². The Bertz CT molecular complexity index is 900. The van der Waals surface area contributed by atoms with Gasteiger partial charge in [0.15, 0.2) is 5.50 Å². The first kappa shape index (κ1) is 19.3. The van der Waals surface area contributed by atoms with Crippen LogP contribution in [0.3, 0.4) is 0 Å². The Morgan fingerprint density at radius 1 is 1.18 bits per heavy atom. The van der Waals surface area contributed by atoms with Gasteiger partial charge in [-0.25, -0.2) is 0 Å². The second kappa shape index (κ2) is 8.58. The van der Waals surface area contributed by atoms with Crippen molar-refractivity contribution in [1.29, 1.82) is 0 Å². The van der Waals surface area contributed by atoms with Crippen LogP contribution in [0.4, 0.5) is 0 Å². The topological polar surface area (TPSA) is 23.6 Å². The molecule has 1 saturated heterocycles. The number of hydrogen-bond acceptors (Lipinski definition) is 4. The summed E-state index contributed by atoms with van der Waals surface area (Å²) in [5.74, 6) is 0.191. The van der Waals surface area contributed by atoms with Crippen molar-refractivity contribution in [3.8, 4) is 0 Å². The van der Waals surface area contributed by atoms with Crippen LogP contribution in [0, 0.1) is 0 Å². The summed E-state index contributed by atoms with van der Waals surface area (Å²) in [6, 6.07) is 14.8. The number of thioether (sulfide) groups is 1. The quantitative estimate of drug-likeness (QED) is 0.590. The molecule has 0 spiro atoms. The highest BCUT2D eigenvalue weighted by atomic mass is 32.2. The van der Waals surface area contributed by atoms with Gasteiger partial charge in [0.25, 0.3) is 5.91 Å². The zero-order valence-corrected chi connectivity index (χ0v) is 18.1. The van der Waals surface area contributed by atoms with Crippen molar-refractivity contribution in [2.75, 3.05) is 6.54 Å². The van der Waals surface area contributed by atoms with Crippen molar-refractivity contribution in [3.05, 3.63) is 74.5 Å². The van der Waals surface area contributed by atoms with Gasteiger partial charge in [-0.1, -0.05) is 49.0 Å². The third-order valence-electron chi connectivity index (χ3n) is 5.27. The molecule has 2 aromatic rings. The van der Waals surface area contributed by atoms with E-state index >= 15 is 0 Å². The van der Waals surface area contributed by atoms with E-state index in [9.17, 15) is 4.79 Å². The molecule has 146 valence electrons. The van der Waals surface area contributed by atoms with Gasteiger partial charge in [-0.2, -0.15) is 0 Å². The molecule has 2 aliphatic heterocycles. The molecule has 4 rings (SSSR count). The van der Waals surface area contributed by atoms with Crippen LogP contribution in [0.2, 0.25) is 0 Å². The van der Waals surface area contributed by atoms with Crippen LogP contribution in [-0.4, -0.2) is 27.7 Å². The van der Waals surface area contributed by atoms with Gasteiger partial charge < -0.3 is 9.80 Å². The number of nitrogens with zero attached hydrogens (tertiary/aromatic N) is 2. The van der Waals surface area contributed by atoms with Crippen LogP contribution in [0.15, 0.2) is 59.1 Å². The van der Waals surface area contributed by atoms with Crippen LogP contribution in [0.25, 0.3) is 6.08 Å². The lowest BCUT2D eigenvalue weighted by atomic mass is 10.0. The summed E-state index contributed by atoms with van der Waals surface area (Å²) in [6.45, 7) is 5.96. The normalized spacial score (nSPS) is 21.5. The lowest BCUT2D eigenvalue weighted by molar-refractivity contribution is -0.131. The molecule has 5 heteroatoms. The number of piperidine rings is 1. The predicted molar refractivity (Wildman–Crippen MR) is 120 cm³/mol. The van der Waals surface area contributed by atoms with E-state index in [-0.39, 0.29) is 11.4 Å². The van der Waals surface area contributed by atoms with Crippen LogP contribution in [0.5, 0.6) is 0 Å². The minimum Gasteiger partial charge on any atom is -0.341 e. The van der Waals surface area contributed by atoms with Crippen molar-refractivity contribution in [1.82, 2.24) is 9.80 Å². The summed E-state index contributed by atoms with van der Waals surface area (Å²) < 4.78 is 0. The molecule has 2 aliphatic rings. The van der Waals surface area contributed by atoms with Gasteiger partial charge >= 0.3 is 0 Å². The van der Waals surface area contributed by atoms with Crippen molar-refractivity contribution in [2.24, 2.45) is 0 Å². The number of allylic oxidation sites excluding steroid dienone is 1. The summed E-state index contributed by atoms with van der Waals surface area (Å²) >= 11 is 3.54. The van der Waals surface area contributed by atoms with Gasteiger partial charge in [0.1, 0.15) is 0 Å². The van der Waals surface area contributed by atoms with Gasteiger partial charge in [-0.15, -0.1) is 11.3 Å². The minimum atomic E-state index is 0.0472. The van der Waals surface area contributed by atoms with E-state index in [1.807, 2.05) is 6.07 Å². The fourth-order valence-corrected chi connectivity index (χ4v) is 5.82. The van der Waals surface area contributed by atoms with Crippen LogP contribution < -0.4 is 0 Å². The lowest BCUT2D eigenvalue weighted by Gasteiger charge is -2.39. The third kappa shape index (κ3) is 4.06.